The number of amides is 1. The first-order valence-electron chi connectivity index (χ1n) is 4.79. The second kappa shape index (κ2) is 5.09. The zero-order chi connectivity index (χ0) is 12.3. The Morgan fingerprint density at radius 1 is 1.24 bits per heavy atom. The van der Waals surface area contributed by atoms with Crippen molar-refractivity contribution < 1.29 is 4.79 Å². The minimum absolute atomic E-state index is 0.247. The molecular formula is C11H8IN3O2. The van der Waals surface area contributed by atoms with Crippen LogP contribution in [-0.2, 0) is 0 Å². The van der Waals surface area contributed by atoms with Crippen LogP contribution in [0.4, 0.5) is 5.82 Å². The first-order chi connectivity index (χ1) is 8.16. The summed E-state index contributed by atoms with van der Waals surface area (Å²) in [6.07, 6.45) is 1.54. The van der Waals surface area contributed by atoms with Crippen LogP contribution in [-0.4, -0.2) is 13.7 Å². The zero-order valence-electron chi connectivity index (χ0n) is 8.63. The van der Waals surface area contributed by atoms with Crippen LogP contribution in [0.3, 0.4) is 0 Å². The fraction of sp³-hybridized carbons (Fsp3) is 0. The third kappa shape index (κ3) is 2.90. The van der Waals surface area contributed by atoms with E-state index in [4.69, 9.17) is 0 Å². The lowest BCUT2D eigenvalue weighted by Gasteiger charge is -2.03. The fourth-order valence-corrected chi connectivity index (χ4v) is 1.50. The summed E-state index contributed by atoms with van der Waals surface area (Å²) in [7, 11) is 0. The van der Waals surface area contributed by atoms with Crippen molar-refractivity contribution in [2.24, 2.45) is 0 Å². The van der Waals surface area contributed by atoms with Crippen molar-refractivity contribution in [3.8, 4) is 0 Å². The van der Waals surface area contributed by atoms with Gasteiger partial charge in [-0.05, 0) is 18.2 Å². The Kier molecular flexibility index (Phi) is 3.52. The van der Waals surface area contributed by atoms with Gasteiger partial charge in [0.25, 0.3) is 5.91 Å². The van der Waals surface area contributed by atoms with Crippen LogP contribution in [0.25, 0.3) is 0 Å². The molecule has 1 aromatic heterocycles. The van der Waals surface area contributed by atoms with E-state index in [2.05, 4.69) is 10.3 Å². The number of aromatic nitrogens is 2. The van der Waals surface area contributed by atoms with Gasteiger partial charge in [0.05, 0.1) is 22.9 Å². The molecule has 86 valence electrons. The van der Waals surface area contributed by atoms with Crippen LogP contribution >= 0.6 is 22.9 Å². The summed E-state index contributed by atoms with van der Waals surface area (Å²) in [5.41, 5.74) is 0.101. The lowest BCUT2D eigenvalue weighted by Crippen LogP contribution is -2.20. The van der Waals surface area contributed by atoms with Crippen molar-refractivity contribution in [1.29, 1.82) is 0 Å². The molecule has 2 rings (SSSR count). The molecule has 6 heteroatoms. The van der Waals surface area contributed by atoms with E-state index in [-0.39, 0.29) is 11.7 Å². The lowest BCUT2D eigenvalue weighted by molar-refractivity contribution is 0.102. The van der Waals surface area contributed by atoms with Crippen molar-refractivity contribution >= 4 is 34.6 Å². The smallest absolute Gasteiger partial charge is 0.306 e. The number of nitrogens with zero attached hydrogens (tertiary/aromatic N) is 2. The van der Waals surface area contributed by atoms with Gasteiger partial charge in [0, 0.05) is 11.8 Å². The van der Waals surface area contributed by atoms with E-state index in [0.717, 1.165) is 0 Å². The van der Waals surface area contributed by atoms with Gasteiger partial charge in [-0.3, -0.25) is 4.79 Å². The topological polar surface area (TPSA) is 64.0 Å². The maximum Gasteiger partial charge on any atom is 0.358 e. The molecule has 2 aromatic rings. The van der Waals surface area contributed by atoms with E-state index in [0.29, 0.717) is 5.56 Å². The van der Waals surface area contributed by atoms with Gasteiger partial charge >= 0.3 is 5.69 Å². The number of carbonyl (C=O) groups excluding carboxylic acids is 1. The highest BCUT2D eigenvalue weighted by atomic mass is 127. The maximum atomic E-state index is 11.7. The number of benzene rings is 1. The summed E-state index contributed by atoms with van der Waals surface area (Å²) >= 11 is 1.82. The van der Waals surface area contributed by atoms with Crippen LogP contribution in [0, 0.1) is 0 Å². The molecule has 1 heterocycles. The van der Waals surface area contributed by atoms with Crippen LogP contribution in [0.2, 0.25) is 0 Å². The van der Waals surface area contributed by atoms with Crippen LogP contribution in [0.15, 0.2) is 47.4 Å². The normalized spacial score (nSPS) is 9.94. The number of halogens is 1. The zero-order valence-corrected chi connectivity index (χ0v) is 10.8. The Labute approximate surface area is 111 Å². The Morgan fingerprint density at radius 2 is 1.94 bits per heavy atom. The molecule has 17 heavy (non-hydrogen) atoms. The molecule has 0 aliphatic heterocycles. The largest absolute Gasteiger partial charge is 0.358 e. The molecule has 0 aliphatic rings. The minimum Gasteiger partial charge on any atom is -0.306 e. The van der Waals surface area contributed by atoms with Gasteiger partial charge in [-0.1, -0.05) is 18.2 Å². The number of anilines is 1. The van der Waals surface area contributed by atoms with Gasteiger partial charge in [-0.2, -0.15) is 4.98 Å². The first-order valence-corrected chi connectivity index (χ1v) is 5.75. The van der Waals surface area contributed by atoms with Gasteiger partial charge in [0.1, 0.15) is 5.82 Å². The highest BCUT2D eigenvalue weighted by Crippen LogP contribution is 2.04. The summed E-state index contributed by atoms with van der Waals surface area (Å²) in [5, 5.41) is 2.56. The molecule has 0 unspecified atom stereocenters. The van der Waals surface area contributed by atoms with Crippen molar-refractivity contribution in [1.82, 2.24) is 7.76 Å². The molecule has 1 N–H and O–H groups in total. The second-order valence-corrected chi connectivity index (χ2v) is 4.27. The van der Waals surface area contributed by atoms with E-state index in [1.165, 1.54) is 8.98 Å². The number of hydrogen-bond acceptors (Lipinski definition) is 3. The SMILES string of the molecule is O=C(Nc1ccn(I)c(=O)n1)c1ccccc1. The molecule has 1 aromatic carbocycles. The van der Waals surface area contributed by atoms with Crippen molar-refractivity contribution in [2.75, 3.05) is 5.32 Å². The van der Waals surface area contributed by atoms with E-state index in [9.17, 15) is 9.59 Å². The standard InChI is InChI=1S/C11H8IN3O2/c12-15-7-6-9(14-11(15)17)13-10(16)8-4-2-1-3-5-8/h1-7H,(H,13,14,16,17). The molecule has 0 saturated carbocycles. The molecule has 5 nitrogen and oxygen atoms in total. The average molecular weight is 341 g/mol. The predicted octanol–water partition coefficient (Wildman–Crippen LogP) is 1.69. The molecule has 0 fully saturated rings. The monoisotopic (exact) mass is 341 g/mol. The summed E-state index contributed by atoms with van der Waals surface area (Å²) in [6, 6.07) is 10.3. The average Bonchev–Trinajstić information content (AvgIpc) is 2.35. The van der Waals surface area contributed by atoms with Crippen LogP contribution in [0.1, 0.15) is 10.4 Å². The Bertz CT molecular complexity index is 595. The Hall–Kier alpha value is -1.70. The quantitative estimate of drug-likeness (QED) is 0.846. The van der Waals surface area contributed by atoms with Gasteiger partial charge in [-0.15, -0.1) is 0 Å². The summed E-state index contributed by atoms with van der Waals surface area (Å²) in [6.45, 7) is 0. The number of rotatable bonds is 2. The van der Waals surface area contributed by atoms with E-state index >= 15 is 0 Å². The maximum absolute atomic E-state index is 11.7. The number of nitrogens with one attached hydrogen (secondary N) is 1. The summed E-state index contributed by atoms with van der Waals surface area (Å²) < 4.78 is 1.30. The molecule has 0 saturated heterocycles. The van der Waals surface area contributed by atoms with Gasteiger partial charge in [-0.25, -0.2) is 7.58 Å². The van der Waals surface area contributed by atoms with Gasteiger partial charge in [0.2, 0.25) is 0 Å². The summed E-state index contributed by atoms with van der Waals surface area (Å²) in [4.78, 5) is 26.7. The highest BCUT2D eigenvalue weighted by molar-refractivity contribution is 14.1. The fourth-order valence-electron chi connectivity index (χ4n) is 1.24. The van der Waals surface area contributed by atoms with Crippen LogP contribution in [0.5, 0.6) is 0 Å². The third-order valence-corrected chi connectivity index (χ3v) is 2.77. The molecule has 1 amide bonds. The molecule has 0 radical (unpaired) electrons. The molecule has 0 aliphatic carbocycles. The minimum atomic E-state index is -0.420. The van der Waals surface area contributed by atoms with Crippen molar-refractivity contribution in [3.05, 3.63) is 58.6 Å². The van der Waals surface area contributed by atoms with E-state index in [1.807, 2.05) is 28.9 Å². The first kappa shape index (κ1) is 11.8. The Morgan fingerprint density at radius 3 is 2.59 bits per heavy atom. The molecule has 0 spiro atoms. The predicted molar refractivity (Wildman–Crippen MR) is 72.3 cm³/mol. The highest BCUT2D eigenvalue weighted by Gasteiger charge is 2.06. The second-order valence-electron chi connectivity index (χ2n) is 3.23. The van der Waals surface area contributed by atoms with Crippen molar-refractivity contribution in [2.45, 2.75) is 0 Å². The number of carbonyl (C=O) groups is 1. The van der Waals surface area contributed by atoms with E-state index < -0.39 is 5.69 Å². The van der Waals surface area contributed by atoms with Gasteiger partial charge < -0.3 is 5.32 Å². The Balaban J connectivity index is 2.19. The van der Waals surface area contributed by atoms with Gasteiger partial charge in [0.15, 0.2) is 0 Å². The van der Waals surface area contributed by atoms with Crippen LogP contribution < -0.4 is 11.0 Å². The summed E-state index contributed by atoms with van der Waals surface area (Å²) in [5.74, 6) is -0.0412. The number of hydrogen-bond donors (Lipinski definition) is 1. The molecular weight excluding hydrogens is 333 g/mol. The van der Waals surface area contributed by atoms with E-state index in [1.54, 1.807) is 30.3 Å². The lowest BCUT2D eigenvalue weighted by atomic mass is 10.2. The van der Waals surface area contributed by atoms with Crippen molar-refractivity contribution in [3.63, 3.8) is 0 Å². The molecule has 0 bridgehead atoms. The molecule has 0 atom stereocenters. The third-order valence-electron chi connectivity index (χ3n) is 2.04.